The molecule has 14 heavy (non-hydrogen) atoms. The van der Waals surface area contributed by atoms with Gasteiger partial charge in [-0.25, -0.2) is 4.79 Å². The van der Waals surface area contributed by atoms with E-state index in [2.05, 4.69) is 20.7 Å². The minimum Gasteiger partial charge on any atom is -0.465 e. The summed E-state index contributed by atoms with van der Waals surface area (Å²) >= 11 is 3.37. The summed E-state index contributed by atoms with van der Waals surface area (Å²) in [6.07, 6.45) is 1.88. The van der Waals surface area contributed by atoms with Gasteiger partial charge < -0.3 is 9.14 Å². The normalized spacial score (nSPS) is 10.4. The Bertz CT molecular complexity index is 490. The van der Waals surface area contributed by atoms with Crippen LogP contribution in [0.2, 0.25) is 0 Å². The molecule has 2 aromatic heterocycles. The highest BCUT2D eigenvalue weighted by Gasteiger charge is 2.13. The van der Waals surface area contributed by atoms with Crippen LogP contribution in [0.1, 0.15) is 10.4 Å². The van der Waals surface area contributed by atoms with Crippen molar-refractivity contribution in [2.75, 3.05) is 7.11 Å². The summed E-state index contributed by atoms with van der Waals surface area (Å²) in [5, 5.41) is 0. The Morgan fingerprint density at radius 2 is 2.29 bits per heavy atom. The summed E-state index contributed by atoms with van der Waals surface area (Å²) in [6, 6.07) is 7.41. The van der Waals surface area contributed by atoms with Crippen molar-refractivity contribution in [1.82, 2.24) is 4.40 Å². The maximum absolute atomic E-state index is 11.4. The van der Waals surface area contributed by atoms with Gasteiger partial charge in [-0.15, -0.1) is 0 Å². The lowest BCUT2D eigenvalue weighted by Crippen LogP contribution is -1.99. The van der Waals surface area contributed by atoms with Crippen LogP contribution in [0.4, 0.5) is 0 Å². The monoisotopic (exact) mass is 253 g/mol. The Morgan fingerprint density at radius 1 is 1.50 bits per heavy atom. The summed E-state index contributed by atoms with van der Waals surface area (Å²) < 4.78 is 7.41. The molecule has 0 aliphatic carbocycles. The van der Waals surface area contributed by atoms with Crippen LogP contribution >= 0.6 is 15.9 Å². The standard InChI is InChI=1S/C10H8BrNO2/c1-14-10(13)7-6-9(11)12-5-3-2-4-8(7)12/h2-6H,1H3. The zero-order valence-electron chi connectivity index (χ0n) is 7.53. The number of ether oxygens (including phenoxy) is 1. The van der Waals surface area contributed by atoms with Gasteiger partial charge in [-0.05, 0) is 34.1 Å². The molecule has 0 fully saturated rings. The van der Waals surface area contributed by atoms with Gasteiger partial charge in [-0.1, -0.05) is 6.07 Å². The van der Waals surface area contributed by atoms with Crippen LogP contribution in [0.5, 0.6) is 0 Å². The maximum Gasteiger partial charge on any atom is 0.340 e. The van der Waals surface area contributed by atoms with E-state index in [9.17, 15) is 4.79 Å². The van der Waals surface area contributed by atoms with Gasteiger partial charge in [0.1, 0.15) is 0 Å². The average molecular weight is 254 g/mol. The molecule has 0 aliphatic rings. The summed E-state index contributed by atoms with van der Waals surface area (Å²) in [5.74, 6) is -0.320. The number of hydrogen-bond donors (Lipinski definition) is 0. The number of aromatic nitrogens is 1. The van der Waals surface area contributed by atoms with Crippen molar-refractivity contribution in [3.05, 3.63) is 40.6 Å². The number of nitrogens with zero attached hydrogens (tertiary/aromatic N) is 1. The molecule has 0 amide bonds. The molecule has 0 spiro atoms. The van der Waals surface area contributed by atoms with E-state index in [0.717, 1.165) is 10.1 Å². The van der Waals surface area contributed by atoms with E-state index in [1.165, 1.54) is 7.11 Å². The molecule has 0 saturated carbocycles. The highest BCUT2D eigenvalue weighted by atomic mass is 79.9. The van der Waals surface area contributed by atoms with E-state index in [1.807, 2.05) is 28.8 Å². The van der Waals surface area contributed by atoms with Gasteiger partial charge >= 0.3 is 5.97 Å². The second kappa shape index (κ2) is 3.46. The first-order chi connectivity index (χ1) is 6.74. The molecular formula is C10H8BrNO2. The highest BCUT2D eigenvalue weighted by molar-refractivity contribution is 9.10. The minimum absolute atomic E-state index is 0.320. The number of hydrogen-bond acceptors (Lipinski definition) is 2. The molecule has 2 heterocycles. The molecule has 0 aromatic carbocycles. The number of halogens is 1. The van der Waals surface area contributed by atoms with Gasteiger partial charge in [0.05, 0.1) is 22.8 Å². The van der Waals surface area contributed by atoms with Crippen LogP contribution in [-0.4, -0.2) is 17.5 Å². The predicted molar refractivity (Wildman–Crippen MR) is 56.4 cm³/mol. The first-order valence-corrected chi connectivity index (χ1v) is 4.87. The van der Waals surface area contributed by atoms with Crippen molar-refractivity contribution < 1.29 is 9.53 Å². The molecule has 0 bridgehead atoms. The molecule has 72 valence electrons. The largest absolute Gasteiger partial charge is 0.465 e. The van der Waals surface area contributed by atoms with E-state index in [0.29, 0.717) is 5.56 Å². The SMILES string of the molecule is COC(=O)c1cc(Br)n2ccccc12. The number of carbonyl (C=O) groups is 1. The van der Waals surface area contributed by atoms with Crippen molar-refractivity contribution in [1.29, 1.82) is 0 Å². The number of rotatable bonds is 1. The average Bonchev–Trinajstić information content (AvgIpc) is 2.56. The third-order valence-electron chi connectivity index (χ3n) is 2.03. The summed E-state index contributed by atoms with van der Waals surface area (Å²) in [6.45, 7) is 0. The fourth-order valence-electron chi connectivity index (χ4n) is 1.38. The first kappa shape index (κ1) is 9.27. The zero-order valence-corrected chi connectivity index (χ0v) is 9.11. The third kappa shape index (κ3) is 1.32. The maximum atomic E-state index is 11.4. The lowest BCUT2D eigenvalue weighted by Gasteiger charge is -1.97. The van der Waals surface area contributed by atoms with Crippen molar-refractivity contribution >= 4 is 27.4 Å². The van der Waals surface area contributed by atoms with Gasteiger partial charge in [0, 0.05) is 6.20 Å². The van der Waals surface area contributed by atoms with E-state index >= 15 is 0 Å². The number of esters is 1. The Hall–Kier alpha value is -1.29. The van der Waals surface area contributed by atoms with Gasteiger partial charge in [0.2, 0.25) is 0 Å². The molecule has 4 heteroatoms. The molecule has 0 unspecified atom stereocenters. The number of fused-ring (bicyclic) bond motifs is 1. The Kier molecular flexibility index (Phi) is 2.29. The summed E-state index contributed by atoms with van der Waals surface area (Å²) in [4.78, 5) is 11.4. The number of carbonyl (C=O) groups excluding carboxylic acids is 1. The lowest BCUT2D eigenvalue weighted by molar-refractivity contribution is 0.0603. The van der Waals surface area contributed by atoms with Crippen molar-refractivity contribution in [3.8, 4) is 0 Å². The van der Waals surface area contributed by atoms with Crippen LogP contribution in [0.15, 0.2) is 35.1 Å². The van der Waals surface area contributed by atoms with Crippen molar-refractivity contribution in [2.45, 2.75) is 0 Å². The van der Waals surface area contributed by atoms with Gasteiger partial charge in [0.25, 0.3) is 0 Å². The van der Waals surface area contributed by atoms with Crippen LogP contribution in [0.3, 0.4) is 0 Å². The fourth-order valence-corrected chi connectivity index (χ4v) is 1.92. The molecule has 3 nitrogen and oxygen atoms in total. The zero-order chi connectivity index (χ0) is 10.1. The first-order valence-electron chi connectivity index (χ1n) is 4.08. The van der Waals surface area contributed by atoms with E-state index in [1.54, 1.807) is 6.07 Å². The van der Waals surface area contributed by atoms with Crippen LogP contribution < -0.4 is 0 Å². The molecular weight excluding hydrogens is 246 g/mol. The van der Waals surface area contributed by atoms with Gasteiger partial charge in [0.15, 0.2) is 0 Å². The summed E-state index contributed by atoms with van der Waals surface area (Å²) in [7, 11) is 1.38. The van der Waals surface area contributed by atoms with Crippen molar-refractivity contribution in [3.63, 3.8) is 0 Å². The Labute approximate surface area is 89.4 Å². The van der Waals surface area contributed by atoms with E-state index < -0.39 is 0 Å². The number of methoxy groups -OCH3 is 1. The van der Waals surface area contributed by atoms with E-state index in [-0.39, 0.29) is 5.97 Å². The second-order valence-corrected chi connectivity index (χ2v) is 3.64. The molecule has 0 atom stereocenters. The van der Waals surface area contributed by atoms with Crippen molar-refractivity contribution in [2.24, 2.45) is 0 Å². The van der Waals surface area contributed by atoms with E-state index in [4.69, 9.17) is 0 Å². The smallest absolute Gasteiger partial charge is 0.340 e. The van der Waals surface area contributed by atoms with Crippen LogP contribution in [0, 0.1) is 0 Å². The molecule has 0 N–H and O–H groups in total. The third-order valence-corrected chi connectivity index (χ3v) is 2.65. The summed E-state index contributed by atoms with van der Waals surface area (Å²) in [5.41, 5.74) is 1.41. The number of pyridine rings is 1. The topological polar surface area (TPSA) is 30.7 Å². The highest BCUT2D eigenvalue weighted by Crippen LogP contribution is 2.21. The Balaban J connectivity index is 2.72. The minimum atomic E-state index is -0.320. The van der Waals surface area contributed by atoms with Crippen LogP contribution in [0.25, 0.3) is 5.52 Å². The van der Waals surface area contributed by atoms with Gasteiger partial charge in [-0.3, -0.25) is 0 Å². The molecule has 2 rings (SSSR count). The molecule has 2 aromatic rings. The van der Waals surface area contributed by atoms with Crippen LogP contribution in [-0.2, 0) is 4.74 Å². The van der Waals surface area contributed by atoms with Gasteiger partial charge in [-0.2, -0.15) is 0 Å². The predicted octanol–water partition coefficient (Wildman–Crippen LogP) is 2.49. The Morgan fingerprint density at radius 3 is 3.00 bits per heavy atom. The molecule has 0 radical (unpaired) electrons. The molecule has 0 saturated heterocycles. The fraction of sp³-hybridized carbons (Fsp3) is 0.100. The lowest BCUT2D eigenvalue weighted by atomic mass is 10.2. The quantitative estimate of drug-likeness (QED) is 0.732. The molecule has 0 aliphatic heterocycles. The second-order valence-electron chi connectivity index (χ2n) is 2.83.